The van der Waals surface area contributed by atoms with Crippen molar-refractivity contribution in [2.24, 2.45) is 5.41 Å². The Morgan fingerprint density at radius 3 is 3.00 bits per heavy atom. The summed E-state index contributed by atoms with van der Waals surface area (Å²) in [5, 5.41) is 7.03. The summed E-state index contributed by atoms with van der Waals surface area (Å²) in [6, 6.07) is 2.20. The normalized spacial score (nSPS) is 28.5. The predicted molar refractivity (Wildman–Crippen MR) is 71.9 cm³/mol. The molecule has 2 aliphatic rings. The summed E-state index contributed by atoms with van der Waals surface area (Å²) in [5.41, 5.74) is 1.04. The Balaban J connectivity index is 1.63. The second-order valence-electron chi connectivity index (χ2n) is 5.30. The lowest BCUT2D eigenvalue weighted by Gasteiger charge is -2.61. The molecule has 0 unspecified atom stereocenters. The smallest absolute Gasteiger partial charge is 0.252 e. The molecule has 0 aliphatic heterocycles. The van der Waals surface area contributed by atoms with Gasteiger partial charge < -0.3 is 10.1 Å². The molecule has 2 saturated carbocycles. The van der Waals surface area contributed by atoms with Gasteiger partial charge in [-0.25, -0.2) is 0 Å². The molecule has 0 saturated heterocycles. The first-order chi connectivity index (χ1) is 8.76. The summed E-state index contributed by atoms with van der Waals surface area (Å²) in [4.78, 5) is 12.1. The fourth-order valence-electron chi connectivity index (χ4n) is 3.28. The zero-order valence-corrected chi connectivity index (χ0v) is 11.5. The van der Waals surface area contributed by atoms with Crippen LogP contribution in [-0.4, -0.2) is 24.7 Å². The summed E-state index contributed by atoms with van der Waals surface area (Å²) in [6.07, 6.45) is 5.01. The number of ether oxygens (including phenoxy) is 1. The highest BCUT2D eigenvalue weighted by Crippen LogP contribution is 2.57. The molecule has 1 heterocycles. The summed E-state index contributed by atoms with van der Waals surface area (Å²) < 4.78 is 5.79. The number of hydrogen-bond acceptors (Lipinski definition) is 3. The quantitative estimate of drug-likeness (QED) is 0.909. The highest BCUT2D eigenvalue weighted by Gasteiger charge is 2.59. The Hall–Kier alpha value is -0.870. The molecule has 98 valence electrons. The van der Waals surface area contributed by atoms with E-state index in [2.05, 4.69) is 5.32 Å². The van der Waals surface area contributed by atoms with Crippen molar-refractivity contribution in [2.75, 3.05) is 6.61 Å². The van der Waals surface area contributed by atoms with Crippen LogP contribution in [0.1, 0.15) is 43.0 Å². The zero-order chi connectivity index (χ0) is 12.6. The minimum absolute atomic E-state index is 0.0717. The number of hydrogen-bond donors (Lipinski definition) is 1. The molecule has 1 spiro atoms. The van der Waals surface area contributed by atoms with Gasteiger partial charge in [0.25, 0.3) is 5.91 Å². The third kappa shape index (κ3) is 1.79. The van der Waals surface area contributed by atoms with E-state index in [0.29, 0.717) is 12.1 Å². The van der Waals surface area contributed by atoms with Gasteiger partial charge in [-0.05, 0) is 37.6 Å². The van der Waals surface area contributed by atoms with E-state index in [1.807, 2.05) is 23.8 Å². The van der Waals surface area contributed by atoms with Gasteiger partial charge in [-0.1, -0.05) is 6.42 Å². The molecule has 0 aromatic carbocycles. The van der Waals surface area contributed by atoms with E-state index in [0.717, 1.165) is 18.6 Å². The Morgan fingerprint density at radius 2 is 2.44 bits per heavy atom. The SMILES string of the molecule is CCO[C@H]1C[C@H](NC(=O)c2ccsc2)C12CCC2. The minimum Gasteiger partial charge on any atom is -0.378 e. The van der Waals surface area contributed by atoms with Crippen LogP contribution in [0.4, 0.5) is 0 Å². The number of amides is 1. The van der Waals surface area contributed by atoms with Gasteiger partial charge >= 0.3 is 0 Å². The molecule has 0 radical (unpaired) electrons. The second kappa shape index (κ2) is 4.67. The maximum atomic E-state index is 12.1. The molecular weight excluding hydrogens is 246 g/mol. The molecule has 2 aliphatic carbocycles. The van der Waals surface area contributed by atoms with Crippen molar-refractivity contribution in [2.45, 2.75) is 44.8 Å². The van der Waals surface area contributed by atoms with Crippen molar-refractivity contribution in [3.05, 3.63) is 22.4 Å². The van der Waals surface area contributed by atoms with E-state index in [1.54, 1.807) is 11.3 Å². The van der Waals surface area contributed by atoms with Crippen LogP contribution in [0.15, 0.2) is 16.8 Å². The first kappa shape index (κ1) is 12.2. The lowest BCUT2D eigenvalue weighted by atomic mass is 9.51. The summed E-state index contributed by atoms with van der Waals surface area (Å²) in [6.45, 7) is 2.82. The topological polar surface area (TPSA) is 38.3 Å². The van der Waals surface area contributed by atoms with Gasteiger partial charge in [0, 0.05) is 29.0 Å². The van der Waals surface area contributed by atoms with Crippen LogP contribution >= 0.6 is 11.3 Å². The van der Waals surface area contributed by atoms with Crippen molar-refractivity contribution in [3.8, 4) is 0 Å². The fourth-order valence-corrected chi connectivity index (χ4v) is 3.91. The van der Waals surface area contributed by atoms with E-state index in [4.69, 9.17) is 4.74 Å². The molecule has 2 fully saturated rings. The first-order valence-corrected chi connectivity index (χ1v) is 7.65. The van der Waals surface area contributed by atoms with E-state index >= 15 is 0 Å². The number of thiophene rings is 1. The number of rotatable bonds is 4. The van der Waals surface area contributed by atoms with Crippen molar-refractivity contribution in [1.29, 1.82) is 0 Å². The molecular formula is C14H19NO2S. The molecule has 3 rings (SSSR count). The lowest BCUT2D eigenvalue weighted by molar-refractivity contribution is -0.169. The van der Waals surface area contributed by atoms with E-state index in [-0.39, 0.29) is 11.3 Å². The Kier molecular flexibility index (Phi) is 3.16. The van der Waals surface area contributed by atoms with E-state index in [9.17, 15) is 4.79 Å². The lowest BCUT2D eigenvalue weighted by Crippen LogP contribution is -2.67. The third-order valence-corrected chi connectivity index (χ3v) is 5.21. The Bertz CT molecular complexity index is 425. The van der Waals surface area contributed by atoms with Crippen LogP contribution in [0.25, 0.3) is 0 Å². The van der Waals surface area contributed by atoms with Crippen molar-refractivity contribution in [3.63, 3.8) is 0 Å². The first-order valence-electron chi connectivity index (χ1n) is 6.71. The minimum atomic E-state index is 0.0717. The van der Waals surface area contributed by atoms with Crippen LogP contribution in [0.3, 0.4) is 0 Å². The van der Waals surface area contributed by atoms with Gasteiger partial charge in [0.05, 0.1) is 6.10 Å². The Morgan fingerprint density at radius 1 is 1.61 bits per heavy atom. The number of carbonyl (C=O) groups excluding carboxylic acids is 1. The largest absolute Gasteiger partial charge is 0.378 e. The number of carbonyl (C=O) groups is 1. The molecule has 3 nitrogen and oxygen atoms in total. The van der Waals surface area contributed by atoms with Crippen molar-refractivity contribution < 1.29 is 9.53 Å². The van der Waals surface area contributed by atoms with Crippen LogP contribution in [-0.2, 0) is 4.74 Å². The fraction of sp³-hybridized carbons (Fsp3) is 0.643. The van der Waals surface area contributed by atoms with Gasteiger partial charge in [-0.3, -0.25) is 4.79 Å². The second-order valence-corrected chi connectivity index (χ2v) is 6.08. The van der Waals surface area contributed by atoms with Gasteiger partial charge in [0.15, 0.2) is 0 Å². The Labute approximate surface area is 112 Å². The molecule has 0 bridgehead atoms. The highest BCUT2D eigenvalue weighted by atomic mass is 32.1. The van der Waals surface area contributed by atoms with E-state index in [1.165, 1.54) is 19.3 Å². The molecule has 1 aromatic rings. The third-order valence-electron chi connectivity index (χ3n) is 4.53. The zero-order valence-electron chi connectivity index (χ0n) is 10.6. The standard InChI is InChI=1S/C14H19NO2S/c1-2-17-12-8-11(14(12)5-3-6-14)15-13(16)10-4-7-18-9-10/h4,7,9,11-12H,2-3,5-6,8H2,1H3,(H,15,16)/t11-,12-/m0/s1. The molecule has 1 amide bonds. The number of nitrogens with one attached hydrogen (secondary N) is 1. The summed E-state index contributed by atoms with van der Waals surface area (Å²) in [7, 11) is 0. The molecule has 18 heavy (non-hydrogen) atoms. The van der Waals surface area contributed by atoms with Crippen LogP contribution in [0.2, 0.25) is 0 Å². The molecule has 1 N–H and O–H groups in total. The van der Waals surface area contributed by atoms with Crippen molar-refractivity contribution in [1.82, 2.24) is 5.32 Å². The van der Waals surface area contributed by atoms with Crippen LogP contribution < -0.4 is 5.32 Å². The van der Waals surface area contributed by atoms with Gasteiger partial charge in [-0.15, -0.1) is 0 Å². The maximum Gasteiger partial charge on any atom is 0.252 e. The average molecular weight is 265 g/mol. The molecule has 1 aromatic heterocycles. The maximum absolute atomic E-state index is 12.1. The van der Waals surface area contributed by atoms with Gasteiger partial charge in [-0.2, -0.15) is 11.3 Å². The molecule has 4 heteroatoms. The van der Waals surface area contributed by atoms with Crippen molar-refractivity contribution >= 4 is 17.2 Å². The van der Waals surface area contributed by atoms with Gasteiger partial charge in [0.2, 0.25) is 0 Å². The highest BCUT2D eigenvalue weighted by molar-refractivity contribution is 7.08. The average Bonchev–Trinajstić information content (AvgIpc) is 2.78. The summed E-state index contributed by atoms with van der Waals surface area (Å²) in [5.74, 6) is 0.0717. The van der Waals surface area contributed by atoms with Crippen LogP contribution in [0, 0.1) is 5.41 Å². The molecule has 2 atom stereocenters. The van der Waals surface area contributed by atoms with E-state index < -0.39 is 0 Å². The van der Waals surface area contributed by atoms with Crippen LogP contribution in [0.5, 0.6) is 0 Å². The monoisotopic (exact) mass is 265 g/mol. The predicted octanol–water partition coefficient (Wildman–Crippen LogP) is 2.83. The summed E-state index contributed by atoms with van der Waals surface area (Å²) >= 11 is 1.56. The van der Waals surface area contributed by atoms with Gasteiger partial charge in [0.1, 0.15) is 0 Å².